The number of aliphatic imine (C=N–C) groups is 1. The monoisotopic (exact) mass is 378 g/mol. The van der Waals surface area contributed by atoms with Gasteiger partial charge in [-0.25, -0.2) is 0 Å². The van der Waals surface area contributed by atoms with Gasteiger partial charge in [-0.2, -0.15) is 0 Å². The summed E-state index contributed by atoms with van der Waals surface area (Å²) in [6.45, 7) is 3.17. The molecule has 1 fully saturated rings. The van der Waals surface area contributed by atoms with E-state index in [9.17, 15) is 9.59 Å². The maximum absolute atomic E-state index is 12.5. The number of carbonyl (C=O) groups is 2. The number of rotatable bonds is 3. The number of esters is 1. The third kappa shape index (κ3) is 4.17. The van der Waals surface area contributed by atoms with E-state index in [0.29, 0.717) is 6.54 Å². The summed E-state index contributed by atoms with van der Waals surface area (Å²) in [6, 6.07) is 2.11. The van der Waals surface area contributed by atoms with E-state index in [1.807, 2.05) is 4.90 Å². The average Bonchev–Trinajstić information content (AvgIpc) is 3.16. The third-order valence-corrected chi connectivity index (χ3v) is 6.12. The normalized spacial score (nSPS) is 18.5. The molecule has 2 aliphatic rings. The predicted octanol–water partition coefficient (Wildman–Crippen LogP) is 1.09. The Morgan fingerprint density at radius 1 is 1.31 bits per heavy atom. The van der Waals surface area contributed by atoms with Crippen LogP contribution in [0.4, 0.5) is 0 Å². The summed E-state index contributed by atoms with van der Waals surface area (Å²) < 4.78 is 4.82. The van der Waals surface area contributed by atoms with E-state index in [1.165, 1.54) is 17.6 Å². The second-order valence-electron chi connectivity index (χ2n) is 6.62. The van der Waals surface area contributed by atoms with E-state index < -0.39 is 0 Å². The van der Waals surface area contributed by atoms with Gasteiger partial charge in [0.25, 0.3) is 0 Å². The first-order valence-electron chi connectivity index (χ1n) is 8.98. The molecule has 1 amide bonds. The Kier molecular flexibility index (Phi) is 6.13. The van der Waals surface area contributed by atoms with Crippen LogP contribution in [0.1, 0.15) is 23.3 Å². The highest BCUT2D eigenvalue weighted by atomic mass is 32.1. The van der Waals surface area contributed by atoms with E-state index in [0.717, 1.165) is 44.9 Å². The van der Waals surface area contributed by atoms with Crippen molar-refractivity contribution in [1.82, 2.24) is 15.1 Å². The minimum atomic E-state index is -0.138. The number of amides is 1. The number of nitrogens with zero attached hydrogens (tertiary/aromatic N) is 3. The van der Waals surface area contributed by atoms with Crippen LogP contribution in [0, 0.1) is 5.92 Å². The SMILES string of the molecule is CN=C(NCC(=O)N1CCc2sccc2C1)N1CCC(C(=O)OC)CC1. The molecule has 8 heteroatoms. The number of hydrogen-bond donors (Lipinski definition) is 1. The maximum atomic E-state index is 12.5. The van der Waals surface area contributed by atoms with Crippen molar-refractivity contribution < 1.29 is 14.3 Å². The Bertz CT molecular complexity index is 680. The molecule has 1 N–H and O–H groups in total. The Morgan fingerprint density at radius 2 is 2.08 bits per heavy atom. The van der Waals surface area contributed by atoms with Crippen LogP contribution in [0.5, 0.6) is 0 Å². The van der Waals surface area contributed by atoms with Crippen LogP contribution < -0.4 is 5.32 Å². The summed E-state index contributed by atoms with van der Waals surface area (Å²) in [6.07, 6.45) is 2.43. The van der Waals surface area contributed by atoms with Gasteiger partial charge >= 0.3 is 5.97 Å². The molecule has 26 heavy (non-hydrogen) atoms. The molecular weight excluding hydrogens is 352 g/mol. The van der Waals surface area contributed by atoms with E-state index >= 15 is 0 Å². The van der Waals surface area contributed by atoms with Crippen LogP contribution in [0.3, 0.4) is 0 Å². The van der Waals surface area contributed by atoms with Crippen LogP contribution in [0.25, 0.3) is 0 Å². The Labute approximate surface area is 158 Å². The molecule has 2 aliphatic heterocycles. The number of fused-ring (bicyclic) bond motifs is 1. The van der Waals surface area contributed by atoms with Crippen LogP contribution in [0.15, 0.2) is 16.4 Å². The molecule has 3 rings (SSSR count). The van der Waals surface area contributed by atoms with Crippen molar-refractivity contribution in [1.29, 1.82) is 0 Å². The third-order valence-electron chi connectivity index (χ3n) is 5.10. The highest BCUT2D eigenvalue weighted by Crippen LogP contribution is 2.24. The van der Waals surface area contributed by atoms with Gasteiger partial charge in [-0.15, -0.1) is 11.3 Å². The molecule has 142 valence electrons. The van der Waals surface area contributed by atoms with Crippen molar-refractivity contribution >= 4 is 29.2 Å². The summed E-state index contributed by atoms with van der Waals surface area (Å²) in [5.41, 5.74) is 1.27. The molecule has 1 saturated heterocycles. The lowest BCUT2D eigenvalue weighted by Gasteiger charge is -2.33. The number of hydrogen-bond acceptors (Lipinski definition) is 5. The number of piperidine rings is 1. The molecule has 0 aromatic carbocycles. The molecule has 3 heterocycles. The van der Waals surface area contributed by atoms with Crippen molar-refractivity contribution in [2.24, 2.45) is 10.9 Å². The molecule has 0 unspecified atom stereocenters. The van der Waals surface area contributed by atoms with Gasteiger partial charge in [-0.1, -0.05) is 0 Å². The lowest BCUT2D eigenvalue weighted by molar-refractivity contribution is -0.146. The zero-order valence-electron chi connectivity index (χ0n) is 15.4. The summed E-state index contributed by atoms with van der Waals surface area (Å²) >= 11 is 1.77. The van der Waals surface area contributed by atoms with Gasteiger partial charge in [0.1, 0.15) is 0 Å². The quantitative estimate of drug-likeness (QED) is 0.484. The Balaban J connectivity index is 1.47. The van der Waals surface area contributed by atoms with Gasteiger partial charge in [0.15, 0.2) is 5.96 Å². The van der Waals surface area contributed by atoms with Crippen LogP contribution in [-0.2, 0) is 27.3 Å². The van der Waals surface area contributed by atoms with Crippen LogP contribution in [-0.4, -0.2) is 68.0 Å². The van der Waals surface area contributed by atoms with Crippen LogP contribution in [0.2, 0.25) is 0 Å². The first-order valence-corrected chi connectivity index (χ1v) is 9.86. The fourth-order valence-corrected chi connectivity index (χ4v) is 4.44. The maximum Gasteiger partial charge on any atom is 0.308 e. The molecule has 0 spiro atoms. The number of ether oxygens (including phenoxy) is 1. The molecule has 0 atom stereocenters. The average molecular weight is 378 g/mol. The molecule has 7 nitrogen and oxygen atoms in total. The molecule has 0 radical (unpaired) electrons. The first kappa shape index (κ1) is 18.7. The minimum absolute atomic E-state index is 0.0378. The molecule has 0 aliphatic carbocycles. The first-order chi connectivity index (χ1) is 12.6. The number of carbonyl (C=O) groups excluding carboxylic acids is 2. The van der Waals surface area contributed by atoms with Gasteiger partial charge in [-0.05, 0) is 36.3 Å². The van der Waals surface area contributed by atoms with E-state index in [4.69, 9.17) is 4.74 Å². The number of thiophene rings is 1. The lowest BCUT2D eigenvalue weighted by atomic mass is 9.97. The minimum Gasteiger partial charge on any atom is -0.469 e. The molecular formula is C18H26N4O3S. The van der Waals surface area contributed by atoms with Gasteiger partial charge in [0.05, 0.1) is 19.6 Å². The topological polar surface area (TPSA) is 74.2 Å². The molecule has 1 aromatic heterocycles. The smallest absolute Gasteiger partial charge is 0.308 e. The summed E-state index contributed by atoms with van der Waals surface area (Å²) in [5, 5.41) is 5.28. The molecule has 1 aromatic rings. The highest BCUT2D eigenvalue weighted by molar-refractivity contribution is 7.10. The van der Waals surface area contributed by atoms with Gasteiger partial charge in [-0.3, -0.25) is 14.6 Å². The Hall–Kier alpha value is -2.09. The number of guanidine groups is 1. The molecule has 0 saturated carbocycles. The second-order valence-corrected chi connectivity index (χ2v) is 7.62. The fourth-order valence-electron chi connectivity index (χ4n) is 3.55. The number of nitrogens with one attached hydrogen (secondary N) is 1. The standard InChI is InChI=1S/C18H26N4O3S/c1-19-18(21-7-3-13(4-8-21)17(24)25-2)20-11-16(23)22-9-5-15-14(12-22)6-10-26-15/h6,10,13H,3-5,7-9,11-12H2,1-2H3,(H,19,20). The zero-order valence-corrected chi connectivity index (χ0v) is 16.2. The van der Waals surface area contributed by atoms with E-state index in [2.05, 4.69) is 26.7 Å². The van der Waals surface area contributed by atoms with Gasteiger partial charge < -0.3 is 19.9 Å². The summed E-state index contributed by atoms with van der Waals surface area (Å²) in [4.78, 5) is 33.9. The Morgan fingerprint density at radius 3 is 2.77 bits per heavy atom. The van der Waals surface area contributed by atoms with Gasteiger partial charge in [0, 0.05) is 38.1 Å². The van der Waals surface area contributed by atoms with Crippen LogP contribution >= 0.6 is 11.3 Å². The van der Waals surface area contributed by atoms with Crippen molar-refractivity contribution in [2.45, 2.75) is 25.8 Å². The van der Waals surface area contributed by atoms with Crippen molar-refractivity contribution in [3.8, 4) is 0 Å². The highest BCUT2D eigenvalue weighted by Gasteiger charge is 2.27. The summed E-state index contributed by atoms with van der Waals surface area (Å²) in [5.74, 6) is 0.632. The largest absolute Gasteiger partial charge is 0.469 e. The molecule has 0 bridgehead atoms. The predicted molar refractivity (Wildman–Crippen MR) is 101 cm³/mol. The van der Waals surface area contributed by atoms with Crippen molar-refractivity contribution in [3.05, 3.63) is 21.9 Å². The number of methoxy groups -OCH3 is 1. The van der Waals surface area contributed by atoms with Crippen molar-refractivity contribution in [2.75, 3.05) is 40.3 Å². The van der Waals surface area contributed by atoms with E-state index in [-0.39, 0.29) is 24.3 Å². The lowest BCUT2D eigenvalue weighted by Crippen LogP contribution is -2.49. The summed E-state index contributed by atoms with van der Waals surface area (Å²) in [7, 11) is 3.15. The number of likely N-dealkylation sites (tertiary alicyclic amines) is 1. The van der Waals surface area contributed by atoms with Crippen molar-refractivity contribution in [3.63, 3.8) is 0 Å². The van der Waals surface area contributed by atoms with E-state index in [1.54, 1.807) is 18.4 Å². The fraction of sp³-hybridized carbons (Fsp3) is 0.611. The zero-order chi connectivity index (χ0) is 18.5. The second kappa shape index (κ2) is 8.53. The van der Waals surface area contributed by atoms with Gasteiger partial charge in [0.2, 0.25) is 5.91 Å².